The lowest BCUT2D eigenvalue weighted by atomic mass is 9.89. The number of aromatic nitrogens is 2. The number of Topliss-reactive ketones (excluding diaryl/α,β-unsaturated/α-hetero) is 1. The predicted octanol–water partition coefficient (Wildman–Crippen LogP) is 3.01. The van der Waals surface area contributed by atoms with Crippen molar-refractivity contribution in [2.75, 3.05) is 24.5 Å². The molecule has 0 saturated carbocycles. The highest BCUT2D eigenvalue weighted by Crippen LogP contribution is 2.30. The summed E-state index contributed by atoms with van der Waals surface area (Å²) >= 11 is 0. The summed E-state index contributed by atoms with van der Waals surface area (Å²) in [5.74, 6) is -2.04. The first-order valence-corrected chi connectivity index (χ1v) is 11.4. The number of hydrogen-bond donors (Lipinski definition) is 4. The summed E-state index contributed by atoms with van der Waals surface area (Å²) in [7, 11) is 2.99. The first-order chi connectivity index (χ1) is 18.2. The van der Waals surface area contributed by atoms with Crippen LogP contribution in [0, 0.1) is 0 Å². The number of hydrogen-bond acceptors (Lipinski definition) is 7. The van der Waals surface area contributed by atoms with Gasteiger partial charge in [-0.25, -0.2) is 9.59 Å². The van der Waals surface area contributed by atoms with Crippen LogP contribution in [0.4, 0.5) is 11.4 Å². The van der Waals surface area contributed by atoms with Crippen LogP contribution in [0.2, 0.25) is 0 Å². The van der Waals surface area contributed by atoms with Gasteiger partial charge in [0.2, 0.25) is 5.78 Å². The van der Waals surface area contributed by atoms with Gasteiger partial charge in [0.1, 0.15) is 17.1 Å². The van der Waals surface area contributed by atoms with Crippen LogP contribution in [-0.4, -0.2) is 52.6 Å². The lowest BCUT2D eigenvalue weighted by molar-refractivity contribution is -0.116. The highest BCUT2D eigenvalue weighted by molar-refractivity contribution is 6.59. The van der Waals surface area contributed by atoms with E-state index in [4.69, 9.17) is 4.74 Å². The normalized spacial score (nSPS) is 13.7. The summed E-state index contributed by atoms with van der Waals surface area (Å²) in [6, 6.07) is 16.1. The molecular formula is C27H21N5O6. The highest BCUT2D eigenvalue weighted by Gasteiger charge is 2.31. The van der Waals surface area contributed by atoms with Crippen molar-refractivity contribution in [3.63, 3.8) is 0 Å². The molecule has 4 aromatic rings. The van der Waals surface area contributed by atoms with Crippen molar-refractivity contribution >= 4 is 51.9 Å². The van der Waals surface area contributed by atoms with Crippen molar-refractivity contribution in [2.24, 2.45) is 5.10 Å². The Kier molecular flexibility index (Phi) is 6.09. The number of hydrazone groups is 1. The first kappa shape index (κ1) is 24.3. The summed E-state index contributed by atoms with van der Waals surface area (Å²) in [4.78, 5) is 55.1. The number of methoxy groups -OCH3 is 1. The molecule has 4 N–H and O–H groups in total. The van der Waals surface area contributed by atoms with E-state index in [1.165, 1.54) is 36.4 Å². The van der Waals surface area contributed by atoms with E-state index >= 15 is 0 Å². The molecule has 0 fully saturated rings. The number of benzene rings is 3. The van der Waals surface area contributed by atoms with Gasteiger partial charge in [-0.15, -0.1) is 0 Å². The zero-order valence-electron chi connectivity index (χ0n) is 20.2. The first-order valence-electron chi connectivity index (χ1n) is 11.4. The third-order valence-corrected chi connectivity index (χ3v) is 6.02. The van der Waals surface area contributed by atoms with E-state index in [0.717, 1.165) is 0 Å². The largest absolute Gasteiger partial charge is 0.495 e. The fourth-order valence-electron chi connectivity index (χ4n) is 4.17. The van der Waals surface area contributed by atoms with Crippen LogP contribution in [0.25, 0.3) is 17.1 Å². The number of aromatic carboxylic acids is 1. The fourth-order valence-corrected chi connectivity index (χ4v) is 4.17. The van der Waals surface area contributed by atoms with Crippen molar-refractivity contribution in [3.05, 3.63) is 93.4 Å². The van der Waals surface area contributed by atoms with E-state index < -0.39 is 17.7 Å². The van der Waals surface area contributed by atoms with Gasteiger partial charge in [-0.3, -0.25) is 14.6 Å². The number of nitrogens with one attached hydrogen (secondary N) is 3. The molecule has 11 heteroatoms. The molecular weight excluding hydrogens is 490 g/mol. The SMILES string of the molecule is COc1ccc(C(=O)O)cc1N(C)/N=C1\C(=O)C(C(=O)Nc2ccc3[nH]c(=O)[nH]c3c2)=Cc2ccccc21. The number of amides is 1. The lowest BCUT2D eigenvalue weighted by Crippen LogP contribution is -2.31. The molecule has 1 heterocycles. The fraction of sp³-hybridized carbons (Fsp3) is 0.0741. The molecule has 38 heavy (non-hydrogen) atoms. The Balaban J connectivity index is 1.52. The smallest absolute Gasteiger partial charge is 0.335 e. The maximum Gasteiger partial charge on any atom is 0.335 e. The third kappa shape index (κ3) is 4.44. The topological polar surface area (TPSA) is 157 Å². The van der Waals surface area contributed by atoms with Crippen LogP contribution in [-0.2, 0) is 9.59 Å². The summed E-state index contributed by atoms with van der Waals surface area (Å²) in [6.07, 6.45) is 1.49. The number of imidazole rings is 1. The van der Waals surface area contributed by atoms with Crippen molar-refractivity contribution in [1.82, 2.24) is 9.97 Å². The summed E-state index contributed by atoms with van der Waals surface area (Å²) in [6.45, 7) is 0. The summed E-state index contributed by atoms with van der Waals surface area (Å²) in [5.41, 5.74) is 2.42. The maximum atomic E-state index is 13.6. The van der Waals surface area contributed by atoms with Crippen molar-refractivity contribution in [2.45, 2.75) is 0 Å². The lowest BCUT2D eigenvalue weighted by Gasteiger charge is -2.22. The van der Waals surface area contributed by atoms with Crippen molar-refractivity contribution in [1.29, 1.82) is 0 Å². The highest BCUT2D eigenvalue weighted by atomic mass is 16.5. The van der Waals surface area contributed by atoms with Gasteiger partial charge in [-0.1, -0.05) is 24.3 Å². The average Bonchev–Trinajstić information content (AvgIpc) is 3.28. The Hall–Kier alpha value is -5.45. The molecule has 0 saturated heterocycles. The monoisotopic (exact) mass is 511 g/mol. The second-order valence-corrected chi connectivity index (χ2v) is 8.43. The van der Waals surface area contributed by atoms with Crippen LogP contribution in [0.15, 0.2) is 76.1 Å². The Morgan fingerprint density at radius 3 is 2.53 bits per heavy atom. The number of carbonyl (C=O) groups is 3. The minimum Gasteiger partial charge on any atom is -0.495 e. The number of fused-ring (bicyclic) bond motifs is 2. The van der Waals surface area contributed by atoms with E-state index in [1.807, 2.05) is 0 Å². The summed E-state index contributed by atoms with van der Waals surface area (Å²) in [5, 5.41) is 17.9. The second-order valence-electron chi connectivity index (χ2n) is 8.43. The van der Waals surface area contributed by atoms with Gasteiger partial charge < -0.3 is 25.1 Å². The molecule has 0 atom stereocenters. The third-order valence-electron chi connectivity index (χ3n) is 6.02. The van der Waals surface area contributed by atoms with E-state index in [9.17, 15) is 24.3 Å². The minimum absolute atomic E-state index is 0.00366. The zero-order chi connectivity index (χ0) is 27.0. The Bertz CT molecular complexity index is 1750. The average molecular weight is 511 g/mol. The Morgan fingerprint density at radius 2 is 1.76 bits per heavy atom. The van der Waals surface area contributed by atoms with E-state index in [1.54, 1.807) is 49.5 Å². The number of H-pyrrole nitrogens is 2. The number of aromatic amines is 2. The number of ketones is 1. The van der Waals surface area contributed by atoms with Crippen LogP contribution in [0.3, 0.4) is 0 Å². The number of carboxylic acid groups (broad SMARTS) is 1. The number of rotatable bonds is 6. The molecule has 0 unspecified atom stereocenters. The number of carboxylic acids is 1. The molecule has 0 spiro atoms. The van der Waals surface area contributed by atoms with Gasteiger partial charge in [0, 0.05) is 18.3 Å². The van der Waals surface area contributed by atoms with Crippen LogP contribution in [0.1, 0.15) is 21.5 Å². The van der Waals surface area contributed by atoms with Gasteiger partial charge in [0.15, 0.2) is 0 Å². The minimum atomic E-state index is -1.13. The second kappa shape index (κ2) is 9.54. The van der Waals surface area contributed by atoms with Crippen molar-refractivity contribution in [3.8, 4) is 5.75 Å². The van der Waals surface area contributed by atoms with Crippen molar-refractivity contribution < 1.29 is 24.2 Å². The van der Waals surface area contributed by atoms with Crippen LogP contribution < -0.4 is 20.8 Å². The van der Waals surface area contributed by atoms with Crippen LogP contribution >= 0.6 is 0 Å². The number of carbonyl (C=O) groups excluding carboxylic acids is 2. The summed E-state index contributed by atoms with van der Waals surface area (Å²) < 4.78 is 5.36. The Labute approximate surface area is 215 Å². The molecule has 0 bridgehead atoms. The van der Waals surface area contributed by atoms with E-state index in [0.29, 0.717) is 39.3 Å². The molecule has 0 aliphatic heterocycles. The molecule has 11 nitrogen and oxygen atoms in total. The predicted molar refractivity (Wildman–Crippen MR) is 142 cm³/mol. The molecule has 0 radical (unpaired) electrons. The number of nitrogens with zero attached hydrogens (tertiary/aromatic N) is 2. The van der Waals surface area contributed by atoms with Gasteiger partial charge in [-0.2, -0.15) is 5.10 Å². The standard InChI is InChI=1S/C27H21N5O6/c1-32(21-12-15(26(35)36)7-10-22(21)38-2)31-23-17-6-4-3-5-14(17)11-18(24(23)33)25(34)28-16-8-9-19-20(13-16)30-27(37)29-19/h3-13H,1-2H3,(H,28,34)(H,35,36)(H2,29,30,37)/b31-23-. The Morgan fingerprint density at radius 1 is 1.00 bits per heavy atom. The number of anilines is 2. The maximum absolute atomic E-state index is 13.6. The molecule has 5 rings (SSSR count). The van der Waals surface area contributed by atoms with Gasteiger partial charge in [-0.05, 0) is 48.0 Å². The van der Waals surface area contributed by atoms with Gasteiger partial charge in [0.25, 0.3) is 5.91 Å². The molecule has 1 aromatic heterocycles. The van der Waals surface area contributed by atoms with E-state index in [-0.39, 0.29) is 22.5 Å². The molecule has 190 valence electrons. The number of ether oxygens (including phenoxy) is 1. The van der Waals surface area contributed by atoms with Gasteiger partial charge in [0.05, 0.1) is 29.3 Å². The molecule has 1 aliphatic rings. The quantitative estimate of drug-likeness (QED) is 0.229. The molecule has 1 amide bonds. The van der Waals surface area contributed by atoms with Gasteiger partial charge >= 0.3 is 11.7 Å². The molecule has 1 aliphatic carbocycles. The van der Waals surface area contributed by atoms with Crippen LogP contribution in [0.5, 0.6) is 5.75 Å². The molecule has 3 aromatic carbocycles. The zero-order valence-corrected chi connectivity index (χ0v) is 20.2. The van der Waals surface area contributed by atoms with E-state index in [2.05, 4.69) is 20.4 Å².